The maximum Gasteiger partial charge on any atom is 0.276 e. The van der Waals surface area contributed by atoms with E-state index in [0.29, 0.717) is 22.2 Å². The quantitative estimate of drug-likeness (QED) is 0.908. The standard InChI is InChI=1S/C17H21N5OS/c1-17(2,3)10-5-6-11-12(8-18)16(24-14(11)7-10)20-15(23)13-9-19-21-22(13)4/h9-10H,5-7H2,1-4H3,(H,20,23). The van der Waals surface area contributed by atoms with Gasteiger partial charge in [0.1, 0.15) is 16.8 Å². The Bertz CT molecular complexity index is 821. The van der Waals surface area contributed by atoms with Crippen molar-refractivity contribution in [3.63, 3.8) is 0 Å². The summed E-state index contributed by atoms with van der Waals surface area (Å²) in [4.78, 5) is 13.6. The van der Waals surface area contributed by atoms with Crippen molar-refractivity contribution in [2.45, 2.75) is 40.0 Å². The molecule has 2 aromatic heterocycles. The number of nitriles is 1. The number of carbonyl (C=O) groups excluding carboxylic acids is 1. The molecule has 3 rings (SSSR count). The number of nitrogens with zero attached hydrogens (tertiary/aromatic N) is 4. The van der Waals surface area contributed by atoms with E-state index >= 15 is 0 Å². The molecular formula is C17H21N5OS. The average molecular weight is 343 g/mol. The van der Waals surface area contributed by atoms with Crippen LogP contribution >= 0.6 is 11.3 Å². The third-order valence-electron chi connectivity index (χ3n) is 4.78. The van der Waals surface area contributed by atoms with Crippen LogP contribution in [-0.2, 0) is 19.9 Å². The minimum absolute atomic E-state index is 0.248. The molecule has 0 spiro atoms. The summed E-state index contributed by atoms with van der Waals surface area (Å²) in [6, 6.07) is 2.28. The van der Waals surface area contributed by atoms with E-state index in [1.807, 2.05) is 0 Å². The Morgan fingerprint density at radius 2 is 2.25 bits per heavy atom. The number of fused-ring (bicyclic) bond motifs is 1. The summed E-state index contributed by atoms with van der Waals surface area (Å²) in [5.41, 5.74) is 2.35. The molecule has 0 saturated carbocycles. The zero-order valence-electron chi connectivity index (χ0n) is 14.4. The third-order valence-corrected chi connectivity index (χ3v) is 5.95. The van der Waals surface area contributed by atoms with Gasteiger partial charge < -0.3 is 5.32 Å². The Labute approximate surface area is 145 Å². The zero-order chi connectivity index (χ0) is 17.5. The number of hydrogen-bond acceptors (Lipinski definition) is 5. The fourth-order valence-corrected chi connectivity index (χ4v) is 4.47. The van der Waals surface area contributed by atoms with Crippen LogP contribution in [-0.4, -0.2) is 20.9 Å². The lowest BCUT2D eigenvalue weighted by Gasteiger charge is -2.33. The minimum Gasteiger partial charge on any atom is -0.311 e. The second-order valence-electron chi connectivity index (χ2n) is 7.32. The van der Waals surface area contributed by atoms with E-state index in [4.69, 9.17) is 0 Å². The normalized spacial score (nSPS) is 17.2. The topological polar surface area (TPSA) is 83.6 Å². The predicted molar refractivity (Wildman–Crippen MR) is 93.0 cm³/mol. The fraction of sp³-hybridized carbons (Fsp3) is 0.529. The number of hydrogen-bond donors (Lipinski definition) is 1. The molecule has 0 radical (unpaired) electrons. The molecule has 1 N–H and O–H groups in total. The molecule has 0 aliphatic heterocycles. The summed E-state index contributed by atoms with van der Waals surface area (Å²) in [7, 11) is 1.67. The molecule has 1 amide bonds. The maximum atomic E-state index is 12.4. The Kier molecular flexibility index (Phi) is 4.18. The fourth-order valence-electron chi connectivity index (χ4n) is 3.19. The van der Waals surface area contributed by atoms with Gasteiger partial charge in [-0.3, -0.25) is 4.79 Å². The van der Waals surface area contributed by atoms with E-state index in [-0.39, 0.29) is 11.3 Å². The van der Waals surface area contributed by atoms with Gasteiger partial charge in [0.2, 0.25) is 0 Å². The molecule has 6 nitrogen and oxygen atoms in total. The molecule has 1 aliphatic rings. The molecule has 24 heavy (non-hydrogen) atoms. The van der Waals surface area contributed by atoms with Crippen LogP contribution in [0, 0.1) is 22.7 Å². The molecule has 126 valence electrons. The van der Waals surface area contributed by atoms with Crippen molar-refractivity contribution >= 4 is 22.2 Å². The average Bonchev–Trinajstić information content (AvgIpc) is 3.08. The summed E-state index contributed by atoms with van der Waals surface area (Å²) in [5.74, 6) is 0.310. The molecular weight excluding hydrogens is 322 g/mol. The largest absolute Gasteiger partial charge is 0.311 e. The lowest BCUT2D eigenvalue weighted by Crippen LogP contribution is -2.26. The number of rotatable bonds is 2. The van der Waals surface area contributed by atoms with Gasteiger partial charge >= 0.3 is 0 Å². The van der Waals surface area contributed by atoms with Crippen LogP contribution in [0.5, 0.6) is 0 Å². The SMILES string of the molecule is Cn1nncc1C(=O)Nc1sc2c(c1C#N)CCC(C(C)(C)C)C2. The van der Waals surface area contributed by atoms with Crippen molar-refractivity contribution in [1.82, 2.24) is 15.0 Å². The summed E-state index contributed by atoms with van der Waals surface area (Å²) >= 11 is 1.53. The molecule has 1 aliphatic carbocycles. The van der Waals surface area contributed by atoms with Crippen LogP contribution in [0.4, 0.5) is 5.00 Å². The van der Waals surface area contributed by atoms with Crippen LogP contribution < -0.4 is 5.32 Å². The van der Waals surface area contributed by atoms with Crippen LogP contribution in [0.2, 0.25) is 0 Å². The molecule has 0 aromatic carbocycles. The third kappa shape index (κ3) is 2.94. The van der Waals surface area contributed by atoms with Gasteiger partial charge in [0.25, 0.3) is 5.91 Å². The summed E-state index contributed by atoms with van der Waals surface area (Å²) in [6.45, 7) is 6.79. The van der Waals surface area contributed by atoms with E-state index in [1.54, 1.807) is 7.05 Å². The number of amides is 1. The highest BCUT2D eigenvalue weighted by molar-refractivity contribution is 7.16. The highest BCUT2D eigenvalue weighted by Crippen LogP contribution is 2.44. The van der Waals surface area contributed by atoms with Crippen molar-refractivity contribution in [3.8, 4) is 6.07 Å². The molecule has 0 bridgehead atoms. The van der Waals surface area contributed by atoms with Crippen LogP contribution in [0.25, 0.3) is 0 Å². The van der Waals surface area contributed by atoms with Gasteiger partial charge in [-0.05, 0) is 36.2 Å². The number of nitrogens with one attached hydrogen (secondary N) is 1. The Balaban J connectivity index is 1.89. The lowest BCUT2D eigenvalue weighted by molar-refractivity contribution is 0.101. The Morgan fingerprint density at radius 1 is 1.50 bits per heavy atom. The van der Waals surface area contributed by atoms with Crippen molar-refractivity contribution in [2.75, 3.05) is 5.32 Å². The number of thiophene rings is 1. The predicted octanol–water partition coefficient (Wildman–Crippen LogP) is 3.15. The van der Waals surface area contributed by atoms with E-state index in [9.17, 15) is 10.1 Å². The molecule has 7 heteroatoms. The molecule has 2 heterocycles. The summed E-state index contributed by atoms with van der Waals surface area (Å²) in [5, 5.41) is 20.6. The number of aryl methyl sites for hydroxylation is 1. The minimum atomic E-state index is -0.287. The van der Waals surface area contributed by atoms with Gasteiger partial charge in [-0.25, -0.2) is 4.68 Å². The van der Waals surface area contributed by atoms with E-state index < -0.39 is 0 Å². The van der Waals surface area contributed by atoms with E-state index in [1.165, 1.54) is 27.1 Å². The molecule has 1 atom stereocenters. The van der Waals surface area contributed by atoms with Gasteiger partial charge in [-0.2, -0.15) is 5.26 Å². The van der Waals surface area contributed by atoms with Gasteiger partial charge in [-0.1, -0.05) is 26.0 Å². The number of aromatic nitrogens is 3. The van der Waals surface area contributed by atoms with E-state index in [0.717, 1.165) is 24.8 Å². The first-order chi connectivity index (χ1) is 11.3. The first kappa shape index (κ1) is 16.7. The second-order valence-corrected chi connectivity index (χ2v) is 8.43. The van der Waals surface area contributed by atoms with Gasteiger partial charge in [-0.15, -0.1) is 16.4 Å². The summed E-state index contributed by atoms with van der Waals surface area (Å²) in [6.07, 6.45) is 4.38. The lowest BCUT2D eigenvalue weighted by atomic mass is 9.72. The number of carbonyl (C=O) groups is 1. The first-order valence-electron chi connectivity index (χ1n) is 8.02. The molecule has 0 saturated heterocycles. The molecule has 1 unspecified atom stereocenters. The smallest absolute Gasteiger partial charge is 0.276 e. The summed E-state index contributed by atoms with van der Waals surface area (Å²) < 4.78 is 1.42. The van der Waals surface area contributed by atoms with Crippen molar-refractivity contribution < 1.29 is 4.79 Å². The van der Waals surface area contributed by atoms with Gasteiger partial charge in [0, 0.05) is 11.9 Å². The monoisotopic (exact) mass is 343 g/mol. The number of anilines is 1. The second kappa shape index (κ2) is 6.02. The highest BCUT2D eigenvalue weighted by Gasteiger charge is 2.32. The first-order valence-corrected chi connectivity index (χ1v) is 8.83. The van der Waals surface area contributed by atoms with Crippen LogP contribution in [0.15, 0.2) is 6.20 Å². The van der Waals surface area contributed by atoms with Gasteiger partial charge in [0.15, 0.2) is 0 Å². The Hall–Kier alpha value is -2.20. The Morgan fingerprint density at radius 3 is 2.83 bits per heavy atom. The van der Waals surface area contributed by atoms with Crippen LogP contribution in [0.3, 0.4) is 0 Å². The molecule has 0 fully saturated rings. The maximum absolute atomic E-state index is 12.4. The highest BCUT2D eigenvalue weighted by atomic mass is 32.1. The van der Waals surface area contributed by atoms with Crippen molar-refractivity contribution in [1.29, 1.82) is 5.26 Å². The molecule has 2 aromatic rings. The zero-order valence-corrected chi connectivity index (χ0v) is 15.2. The van der Waals surface area contributed by atoms with Crippen molar-refractivity contribution in [2.24, 2.45) is 18.4 Å². The van der Waals surface area contributed by atoms with E-state index in [2.05, 4.69) is 42.5 Å². The van der Waals surface area contributed by atoms with Crippen molar-refractivity contribution in [3.05, 3.63) is 27.9 Å². The van der Waals surface area contributed by atoms with Gasteiger partial charge in [0.05, 0.1) is 11.8 Å². The van der Waals surface area contributed by atoms with Crippen LogP contribution in [0.1, 0.15) is 53.7 Å².